The molecule has 0 aliphatic rings. The van der Waals surface area contributed by atoms with E-state index >= 15 is 0 Å². The van der Waals surface area contributed by atoms with Gasteiger partial charge in [0.05, 0.1) is 11.0 Å². The molecule has 7 nitrogen and oxygen atoms in total. The Bertz CT molecular complexity index is 714. The van der Waals surface area contributed by atoms with Gasteiger partial charge in [0.25, 0.3) is 0 Å². The molecule has 0 aliphatic heterocycles. The lowest BCUT2D eigenvalue weighted by atomic mass is 10.3. The molecule has 110 valence electrons. The van der Waals surface area contributed by atoms with E-state index in [-0.39, 0.29) is 5.88 Å². The first-order valence-corrected chi connectivity index (χ1v) is 6.23. The maximum Gasteiger partial charge on any atom is 0.307 e. The highest BCUT2D eigenvalue weighted by Gasteiger charge is 2.21. The molecule has 21 heavy (non-hydrogen) atoms. The molecule has 0 saturated carbocycles. The number of ether oxygens (including phenoxy) is 1. The monoisotopic (exact) mass is 360 g/mol. The molecule has 0 bridgehead atoms. The molecule has 0 radical (unpaired) electrons. The van der Waals surface area contributed by atoms with Crippen LogP contribution in [0, 0.1) is 21.7 Å². The number of nitrogens with one attached hydrogen (secondary N) is 1. The Hall–Kier alpha value is -2.36. The normalized spacial score (nSPS) is 10.3. The second-order valence-electron chi connectivity index (χ2n) is 3.68. The van der Waals surface area contributed by atoms with Crippen molar-refractivity contribution in [1.82, 2.24) is 9.97 Å². The lowest BCUT2D eigenvalue weighted by molar-refractivity contribution is -0.387. The van der Waals surface area contributed by atoms with Crippen LogP contribution in [0.4, 0.5) is 20.3 Å². The highest BCUT2D eigenvalue weighted by atomic mass is 79.9. The van der Waals surface area contributed by atoms with Crippen LogP contribution in [0.25, 0.3) is 0 Å². The van der Waals surface area contributed by atoms with Crippen molar-refractivity contribution in [3.8, 4) is 11.6 Å². The molecule has 0 atom stereocenters. The zero-order valence-electron chi connectivity index (χ0n) is 10.4. The minimum Gasteiger partial charge on any atom is -0.434 e. The van der Waals surface area contributed by atoms with Crippen molar-refractivity contribution in [3.05, 3.63) is 44.7 Å². The molecule has 0 spiro atoms. The molecule has 1 aromatic carbocycles. The Labute approximate surface area is 125 Å². The topological polar surface area (TPSA) is 90.2 Å². The standard InChI is InChI=1S/C11H7BrF2N4O3/c1-15-10-9(12)11(17-4-16-10)21-8-3-5(13)7(18(19)20)2-6(8)14/h2-4H,1H3,(H,15,16,17). The second-order valence-corrected chi connectivity index (χ2v) is 4.48. The van der Waals surface area contributed by atoms with E-state index in [1.165, 1.54) is 0 Å². The van der Waals surface area contributed by atoms with Crippen LogP contribution in [0.1, 0.15) is 0 Å². The summed E-state index contributed by atoms with van der Waals surface area (Å²) in [7, 11) is 1.60. The molecular formula is C11H7BrF2N4O3. The number of nitrogens with zero attached hydrogens (tertiary/aromatic N) is 3. The van der Waals surface area contributed by atoms with Crippen LogP contribution < -0.4 is 10.1 Å². The minimum atomic E-state index is -1.21. The van der Waals surface area contributed by atoms with Crippen molar-refractivity contribution in [2.24, 2.45) is 0 Å². The first-order chi connectivity index (χ1) is 9.93. The van der Waals surface area contributed by atoms with Gasteiger partial charge in [-0.25, -0.2) is 14.4 Å². The summed E-state index contributed by atoms with van der Waals surface area (Å²) in [6.07, 6.45) is 1.16. The molecule has 2 aromatic rings. The number of rotatable bonds is 4. The summed E-state index contributed by atoms with van der Waals surface area (Å²) in [4.78, 5) is 17.1. The van der Waals surface area contributed by atoms with Crippen LogP contribution in [0.3, 0.4) is 0 Å². The first kappa shape index (κ1) is 15.0. The second kappa shape index (κ2) is 5.95. The van der Waals surface area contributed by atoms with E-state index < -0.39 is 28.0 Å². The molecule has 1 heterocycles. The van der Waals surface area contributed by atoms with Crippen LogP contribution in [0.5, 0.6) is 11.6 Å². The predicted molar refractivity (Wildman–Crippen MR) is 72.4 cm³/mol. The van der Waals surface area contributed by atoms with Gasteiger partial charge in [0.15, 0.2) is 11.6 Å². The van der Waals surface area contributed by atoms with Crippen molar-refractivity contribution in [3.63, 3.8) is 0 Å². The molecule has 1 N–H and O–H groups in total. The van der Waals surface area contributed by atoms with E-state index in [9.17, 15) is 18.9 Å². The van der Waals surface area contributed by atoms with Crippen LogP contribution in [-0.4, -0.2) is 21.9 Å². The first-order valence-electron chi connectivity index (χ1n) is 5.43. The summed E-state index contributed by atoms with van der Waals surface area (Å²) in [6, 6.07) is 1.03. The van der Waals surface area contributed by atoms with E-state index in [1.807, 2.05) is 0 Å². The smallest absolute Gasteiger partial charge is 0.307 e. The molecular weight excluding hydrogens is 354 g/mol. The van der Waals surface area contributed by atoms with Gasteiger partial charge in [0.1, 0.15) is 16.6 Å². The van der Waals surface area contributed by atoms with Crippen molar-refractivity contribution < 1.29 is 18.4 Å². The summed E-state index contributed by atoms with van der Waals surface area (Å²) in [5.41, 5.74) is -0.975. The number of hydrogen-bond acceptors (Lipinski definition) is 6. The number of benzene rings is 1. The molecule has 0 amide bonds. The van der Waals surface area contributed by atoms with Gasteiger partial charge in [-0.2, -0.15) is 4.39 Å². The maximum absolute atomic E-state index is 13.7. The van der Waals surface area contributed by atoms with E-state index in [0.717, 1.165) is 6.33 Å². The van der Waals surface area contributed by atoms with Gasteiger partial charge in [0, 0.05) is 13.1 Å². The predicted octanol–water partition coefficient (Wildman–Crippen LogP) is 3.26. The number of anilines is 1. The molecule has 0 unspecified atom stereocenters. The van der Waals surface area contributed by atoms with Crippen LogP contribution >= 0.6 is 15.9 Å². The Morgan fingerprint density at radius 3 is 2.67 bits per heavy atom. The molecule has 0 saturated heterocycles. The number of hydrogen-bond donors (Lipinski definition) is 1. The summed E-state index contributed by atoms with van der Waals surface area (Å²) >= 11 is 3.14. The molecule has 10 heteroatoms. The molecule has 0 fully saturated rings. The Morgan fingerprint density at radius 1 is 1.33 bits per heavy atom. The van der Waals surface area contributed by atoms with Crippen molar-refractivity contribution in [2.75, 3.05) is 12.4 Å². The van der Waals surface area contributed by atoms with Gasteiger partial charge >= 0.3 is 5.69 Å². The zero-order chi connectivity index (χ0) is 15.6. The molecule has 1 aromatic heterocycles. The third kappa shape index (κ3) is 3.05. The fourth-order valence-electron chi connectivity index (χ4n) is 1.44. The van der Waals surface area contributed by atoms with Crippen LogP contribution in [0.15, 0.2) is 22.9 Å². The van der Waals surface area contributed by atoms with Crippen LogP contribution in [0.2, 0.25) is 0 Å². The van der Waals surface area contributed by atoms with Crippen molar-refractivity contribution in [2.45, 2.75) is 0 Å². The van der Waals surface area contributed by atoms with Crippen molar-refractivity contribution >= 4 is 27.4 Å². The van der Waals surface area contributed by atoms with E-state index in [0.29, 0.717) is 22.4 Å². The number of nitro groups is 1. The van der Waals surface area contributed by atoms with Gasteiger partial charge in [-0.05, 0) is 15.9 Å². The van der Waals surface area contributed by atoms with Gasteiger partial charge in [-0.15, -0.1) is 0 Å². The lowest BCUT2D eigenvalue weighted by Gasteiger charge is -2.09. The van der Waals surface area contributed by atoms with Crippen LogP contribution in [-0.2, 0) is 0 Å². The number of aromatic nitrogens is 2. The fourth-order valence-corrected chi connectivity index (χ4v) is 1.92. The summed E-state index contributed by atoms with van der Waals surface area (Å²) in [6.45, 7) is 0. The summed E-state index contributed by atoms with van der Waals surface area (Å²) in [5.74, 6) is -2.51. The van der Waals surface area contributed by atoms with Gasteiger partial charge in [0.2, 0.25) is 11.7 Å². The Kier molecular flexibility index (Phi) is 4.26. The highest BCUT2D eigenvalue weighted by molar-refractivity contribution is 9.10. The van der Waals surface area contributed by atoms with Gasteiger partial charge in [-0.3, -0.25) is 10.1 Å². The number of halogens is 3. The highest BCUT2D eigenvalue weighted by Crippen LogP contribution is 2.34. The number of nitro benzene ring substituents is 1. The largest absolute Gasteiger partial charge is 0.434 e. The van der Waals surface area contributed by atoms with E-state index in [2.05, 4.69) is 31.2 Å². The Morgan fingerprint density at radius 2 is 2.05 bits per heavy atom. The zero-order valence-corrected chi connectivity index (χ0v) is 12.0. The third-order valence-corrected chi connectivity index (χ3v) is 3.11. The minimum absolute atomic E-state index is 0.0681. The fraction of sp³-hybridized carbons (Fsp3) is 0.0909. The molecule has 0 aliphatic carbocycles. The van der Waals surface area contributed by atoms with Gasteiger partial charge < -0.3 is 10.1 Å². The third-order valence-electron chi connectivity index (χ3n) is 2.40. The average Bonchev–Trinajstić information content (AvgIpc) is 2.44. The quantitative estimate of drug-likeness (QED) is 0.664. The molecule has 2 rings (SSSR count). The van der Waals surface area contributed by atoms with E-state index in [4.69, 9.17) is 4.74 Å². The van der Waals surface area contributed by atoms with Crippen molar-refractivity contribution in [1.29, 1.82) is 0 Å². The summed E-state index contributed by atoms with van der Waals surface area (Å²) in [5, 5.41) is 13.2. The maximum atomic E-state index is 13.7. The SMILES string of the molecule is CNc1ncnc(Oc2cc(F)c([N+](=O)[O-])cc2F)c1Br. The van der Waals surface area contributed by atoms with E-state index in [1.54, 1.807) is 7.05 Å². The van der Waals surface area contributed by atoms with Gasteiger partial charge in [-0.1, -0.05) is 0 Å². The lowest BCUT2D eigenvalue weighted by Crippen LogP contribution is -2.00. The average molecular weight is 361 g/mol. The Balaban J connectivity index is 2.41. The summed E-state index contributed by atoms with van der Waals surface area (Å²) < 4.78 is 32.6.